The molecule has 1 unspecified atom stereocenters. The van der Waals surface area contributed by atoms with Gasteiger partial charge in [0, 0.05) is 41.2 Å². The third kappa shape index (κ3) is 6.04. The van der Waals surface area contributed by atoms with Crippen LogP contribution in [0.3, 0.4) is 0 Å². The van der Waals surface area contributed by atoms with Crippen molar-refractivity contribution >= 4 is 33.6 Å². The molecule has 1 heterocycles. The summed E-state index contributed by atoms with van der Waals surface area (Å²) in [5.41, 5.74) is 3.72. The average Bonchev–Trinajstić information content (AvgIpc) is 3.43. The van der Waals surface area contributed by atoms with Crippen LogP contribution in [-0.4, -0.2) is 34.1 Å². The summed E-state index contributed by atoms with van der Waals surface area (Å²) in [6, 6.07) is 22.6. The summed E-state index contributed by atoms with van der Waals surface area (Å²) >= 11 is 0. The number of para-hydroxylation sites is 1. The van der Waals surface area contributed by atoms with Gasteiger partial charge in [-0.3, -0.25) is 4.79 Å². The molecule has 216 valence electrons. The van der Waals surface area contributed by atoms with E-state index in [1.807, 2.05) is 42.6 Å². The molecule has 0 aliphatic heterocycles. The van der Waals surface area contributed by atoms with Gasteiger partial charge in [-0.05, 0) is 72.4 Å². The number of nitrogens with one attached hydrogen (secondary N) is 3. The van der Waals surface area contributed by atoms with Crippen LogP contribution in [0.15, 0.2) is 96.7 Å². The Morgan fingerprint density at radius 1 is 1.00 bits per heavy atom. The maximum Gasteiger partial charge on any atom is 0.326 e. The van der Waals surface area contributed by atoms with Gasteiger partial charge < -0.3 is 20.7 Å². The van der Waals surface area contributed by atoms with Gasteiger partial charge in [-0.15, -0.1) is 0 Å². The Morgan fingerprint density at radius 2 is 1.79 bits per heavy atom. The first-order chi connectivity index (χ1) is 20.5. The highest BCUT2D eigenvalue weighted by atomic mass is 16.4. The lowest BCUT2D eigenvalue weighted by Crippen LogP contribution is -2.43. The molecule has 1 amide bonds. The molecule has 3 aromatic carbocycles. The van der Waals surface area contributed by atoms with E-state index in [4.69, 9.17) is 0 Å². The Bertz CT molecular complexity index is 1650. The SMILES string of the molecule is C[C@@H](N[C@H]1CCC[C@H](C2C=CC(C(=O)N[C@@H](Cc3c[nH]c4ccccc34)C(=O)O)=CC2)C1)c1cccc2ccccc12. The van der Waals surface area contributed by atoms with Crippen molar-refractivity contribution in [2.45, 2.75) is 63.6 Å². The number of rotatable bonds is 9. The molecule has 0 saturated heterocycles. The van der Waals surface area contributed by atoms with Gasteiger partial charge >= 0.3 is 5.97 Å². The molecular weight excluding hydrogens is 522 g/mol. The van der Waals surface area contributed by atoms with Gasteiger partial charge in [0.15, 0.2) is 0 Å². The minimum Gasteiger partial charge on any atom is -0.480 e. The standard InChI is InChI=1S/C36H39N3O3/c1-23(30-14-7-9-25-8-2-3-12-31(25)30)38-29-11-6-10-27(20-29)24-16-18-26(19-17-24)35(40)39-34(36(41)42)21-28-22-37-33-15-5-4-13-32(28)33/h2-5,7-9,12-16,18-19,22-24,27,29,34,37-38H,6,10-11,17,20-21H2,1H3,(H,39,40)(H,41,42)/t23-,24?,27+,29+,34+/m1/s1. The molecule has 6 nitrogen and oxygen atoms in total. The zero-order valence-electron chi connectivity index (χ0n) is 24.1. The second-order valence-corrected chi connectivity index (χ2v) is 11.9. The predicted octanol–water partition coefficient (Wildman–Crippen LogP) is 6.85. The lowest BCUT2D eigenvalue weighted by atomic mass is 9.74. The van der Waals surface area contributed by atoms with E-state index in [0.717, 1.165) is 29.3 Å². The Morgan fingerprint density at radius 3 is 2.60 bits per heavy atom. The molecule has 4 aromatic rings. The number of aromatic amines is 1. The monoisotopic (exact) mass is 561 g/mol. The number of fused-ring (bicyclic) bond motifs is 2. The smallest absolute Gasteiger partial charge is 0.326 e. The largest absolute Gasteiger partial charge is 0.480 e. The van der Waals surface area contributed by atoms with Gasteiger partial charge in [0.1, 0.15) is 6.04 Å². The van der Waals surface area contributed by atoms with Crippen LogP contribution in [0.4, 0.5) is 0 Å². The number of hydrogen-bond acceptors (Lipinski definition) is 3. The molecule has 2 aliphatic carbocycles. The quantitative estimate of drug-likeness (QED) is 0.180. The molecule has 0 radical (unpaired) electrons. The molecule has 1 aromatic heterocycles. The van der Waals surface area contributed by atoms with Crippen molar-refractivity contribution in [2.24, 2.45) is 11.8 Å². The second kappa shape index (κ2) is 12.4. The average molecular weight is 562 g/mol. The van der Waals surface area contributed by atoms with Crippen LogP contribution in [0.25, 0.3) is 21.7 Å². The predicted molar refractivity (Wildman–Crippen MR) is 168 cm³/mol. The fraction of sp³-hybridized carbons (Fsp3) is 0.333. The number of amides is 1. The van der Waals surface area contributed by atoms with Crippen molar-refractivity contribution < 1.29 is 14.7 Å². The fourth-order valence-electron chi connectivity index (χ4n) is 6.96. The molecule has 42 heavy (non-hydrogen) atoms. The third-order valence-corrected chi connectivity index (χ3v) is 9.19. The molecule has 1 saturated carbocycles. The number of carbonyl (C=O) groups excluding carboxylic acids is 1. The maximum atomic E-state index is 13.1. The van der Waals surface area contributed by atoms with Gasteiger partial charge in [-0.25, -0.2) is 4.79 Å². The van der Waals surface area contributed by atoms with Crippen LogP contribution >= 0.6 is 0 Å². The maximum absolute atomic E-state index is 13.1. The normalized spacial score (nSPS) is 22.0. The van der Waals surface area contributed by atoms with Crippen LogP contribution in [-0.2, 0) is 16.0 Å². The first-order valence-corrected chi connectivity index (χ1v) is 15.2. The lowest BCUT2D eigenvalue weighted by Gasteiger charge is -2.36. The number of carbonyl (C=O) groups is 2. The van der Waals surface area contributed by atoms with Crippen LogP contribution in [0.1, 0.15) is 56.2 Å². The number of allylic oxidation sites excluding steroid dienone is 2. The highest BCUT2D eigenvalue weighted by Crippen LogP contribution is 2.36. The summed E-state index contributed by atoms with van der Waals surface area (Å²) < 4.78 is 0. The molecule has 6 heteroatoms. The van der Waals surface area contributed by atoms with Gasteiger partial charge in [-0.1, -0.05) is 85.3 Å². The Hall–Kier alpha value is -4.16. The summed E-state index contributed by atoms with van der Waals surface area (Å²) in [5.74, 6) is -0.420. The number of aliphatic carboxylic acids is 1. The van der Waals surface area contributed by atoms with Gasteiger partial charge in [-0.2, -0.15) is 0 Å². The minimum atomic E-state index is -1.04. The number of benzene rings is 3. The lowest BCUT2D eigenvalue weighted by molar-refractivity contribution is -0.141. The number of H-pyrrole nitrogens is 1. The van der Waals surface area contributed by atoms with E-state index in [-0.39, 0.29) is 18.4 Å². The number of carboxylic acids is 1. The van der Waals surface area contributed by atoms with Crippen molar-refractivity contribution in [1.82, 2.24) is 15.6 Å². The number of carboxylic acid groups (broad SMARTS) is 1. The minimum absolute atomic E-state index is 0.221. The first kappa shape index (κ1) is 28.0. The Balaban J connectivity index is 1.05. The van der Waals surface area contributed by atoms with E-state index in [1.165, 1.54) is 35.6 Å². The van der Waals surface area contributed by atoms with Crippen molar-refractivity contribution in [1.29, 1.82) is 0 Å². The number of aromatic nitrogens is 1. The molecule has 2 aliphatic rings. The van der Waals surface area contributed by atoms with Crippen LogP contribution in [0, 0.1) is 11.8 Å². The second-order valence-electron chi connectivity index (χ2n) is 11.9. The van der Waals surface area contributed by atoms with Gasteiger partial charge in [0.05, 0.1) is 0 Å². The molecule has 4 N–H and O–H groups in total. The highest BCUT2D eigenvalue weighted by molar-refractivity contribution is 5.98. The van der Waals surface area contributed by atoms with Crippen molar-refractivity contribution in [3.8, 4) is 0 Å². The first-order valence-electron chi connectivity index (χ1n) is 15.2. The molecule has 0 spiro atoms. The highest BCUT2D eigenvalue weighted by Gasteiger charge is 2.30. The summed E-state index contributed by atoms with van der Waals surface area (Å²) in [6.07, 6.45) is 13.6. The summed E-state index contributed by atoms with van der Waals surface area (Å²) in [4.78, 5) is 28.3. The molecular formula is C36H39N3O3. The zero-order valence-corrected chi connectivity index (χ0v) is 24.1. The molecule has 6 rings (SSSR count). The van der Waals surface area contributed by atoms with Crippen LogP contribution < -0.4 is 10.6 Å². The van der Waals surface area contributed by atoms with E-state index in [0.29, 0.717) is 23.5 Å². The van der Waals surface area contributed by atoms with E-state index < -0.39 is 12.0 Å². The summed E-state index contributed by atoms with van der Waals surface area (Å²) in [5, 5.41) is 20.1. The van der Waals surface area contributed by atoms with Crippen molar-refractivity contribution in [2.75, 3.05) is 0 Å². The van der Waals surface area contributed by atoms with Crippen LogP contribution in [0.5, 0.6) is 0 Å². The van der Waals surface area contributed by atoms with E-state index in [2.05, 4.69) is 71.1 Å². The molecule has 5 atom stereocenters. The van der Waals surface area contributed by atoms with Crippen LogP contribution in [0.2, 0.25) is 0 Å². The zero-order chi connectivity index (χ0) is 29.1. The van der Waals surface area contributed by atoms with Gasteiger partial charge in [0.2, 0.25) is 0 Å². The summed E-state index contributed by atoms with van der Waals surface area (Å²) in [6.45, 7) is 2.27. The van der Waals surface area contributed by atoms with E-state index in [9.17, 15) is 14.7 Å². The topological polar surface area (TPSA) is 94.2 Å². The fourth-order valence-corrected chi connectivity index (χ4v) is 6.96. The van der Waals surface area contributed by atoms with Gasteiger partial charge in [0.25, 0.3) is 5.91 Å². The molecule has 1 fully saturated rings. The van der Waals surface area contributed by atoms with E-state index >= 15 is 0 Å². The Labute approximate surface area is 246 Å². The summed E-state index contributed by atoms with van der Waals surface area (Å²) in [7, 11) is 0. The number of hydrogen-bond donors (Lipinski definition) is 4. The van der Waals surface area contributed by atoms with E-state index in [1.54, 1.807) is 0 Å². The Kier molecular flexibility index (Phi) is 8.24. The third-order valence-electron chi connectivity index (χ3n) is 9.19. The molecule has 0 bridgehead atoms. The van der Waals surface area contributed by atoms with Crippen molar-refractivity contribution in [3.63, 3.8) is 0 Å². The van der Waals surface area contributed by atoms with Crippen molar-refractivity contribution in [3.05, 3.63) is 108 Å².